The van der Waals surface area contributed by atoms with Gasteiger partial charge in [0.15, 0.2) is 11.6 Å². The molecule has 0 N–H and O–H groups in total. The SMILES string of the molecule is C=C(C)[C@@H]1CCC2=CC(C[C@@]3(C)O[C@@H]3C(=O)/C=C(\C)C(=O)C1)OC2=O. The first kappa shape index (κ1) is 17.8. The summed E-state index contributed by atoms with van der Waals surface area (Å²) in [5.74, 6) is -0.607. The molecule has 1 saturated heterocycles. The largest absolute Gasteiger partial charge is 0.455 e. The van der Waals surface area contributed by atoms with E-state index in [1.54, 1.807) is 6.92 Å². The molecule has 1 aliphatic carbocycles. The van der Waals surface area contributed by atoms with Crippen LogP contribution in [0.3, 0.4) is 0 Å². The Balaban J connectivity index is 1.88. The number of ketones is 2. The zero-order chi connectivity index (χ0) is 18.4. The summed E-state index contributed by atoms with van der Waals surface area (Å²) in [6.07, 6.45) is 4.25. The third-order valence-corrected chi connectivity index (χ3v) is 5.35. The molecule has 1 unspecified atom stereocenters. The standard InChI is InChI=1S/C20H24O5/c1-11(2)13-5-6-14-8-15(24-19(14)23)10-20(4)18(25-20)17(22)7-12(3)16(21)9-13/h7-8,13,15,18H,1,5-6,9-10H2,2-4H3/b12-7+/t13-,15?,18-,20-/m1/s1. The fourth-order valence-electron chi connectivity index (χ4n) is 3.58. The van der Waals surface area contributed by atoms with Crippen LogP contribution in [0.5, 0.6) is 0 Å². The highest BCUT2D eigenvalue weighted by Gasteiger charge is 2.57. The normalized spacial score (nSPS) is 38.0. The smallest absolute Gasteiger partial charge is 0.334 e. The van der Waals surface area contributed by atoms with Gasteiger partial charge in [-0.05, 0) is 57.3 Å². The topological polar surface area (TPSA) is 73.0 Å². The first-order valence-electron chi connectivity index (χ1n) is 8.70. The molecule has 2 aliphatic heterocycles. The molecule has 3 rings (SSSR count). The molecule has 0 saturated carbocycles. The molecule has 25 heavy (non-hydrogen) atoms. The molecule has 2 bridgehead atoms. The molecule has 3 aliphatic rings. The molecule has 1 fully saturated rings. The van der Waals surface area contributed by atoms with Crippen LogP contribution in [0.25, 0.3) is 0 Å². The second kappa shape index (κ2) is 6.37. The molecule has 0 spiro atoms. The number of carbonyl (C=O) groups excluding carboxylic acids is 3. The average Bonchev–Trinajstić information content (AvgIpc) is 3.06. The summed E-state index contributed by atoms with van der Waals surface area (Å²) in [7, 11) is 0. The van der Waals surface area contributed by atoms with Gasteiger partial charge in [0.25, 0.3) is 0 Å². The molecule has 4 atom stereocenters. The fourth-order valence-corrected chi connectivity index (χ4v) is 3.58. The number of allylic oxidation sites excluding steroid dienone is 2. The molecular weight excluding hydrogens is 320 g/mol. The monoisotopic (exact) mass is 344 g/mol. The third kappa shape index (κ3) is 3.66. The number of fused-ring (bicyclic) bond motifs is 2. The second-order valence-corrected chi connectivity index (χ2v) is 7.59. The van der Waals surface area contributed by atoms with Crippen molar-refractivity contribution in [3.63, 3.8) is 0 Å². The minimum atomic E-state index is -0.641. The van der Waals surface area contributed by atoms with Gasteiger partial charge >= 0.3 is 5.97 Å². The van der Waals surface area contributed by atoms with E-state index in [-0.39, 0.29) is 29.6 Å². The molecule has 0 aromatic carbocycles. The summed E-state index contributed by atoms with van der Waals surface area (Å²) in [5, 5.41) is 0. The number of rotatable bonds is 1. The van der Waals surface area contributed by atoms with E-state index >= 15 is 0 Å². The predicted octanol–water partition coefficient (Wildman–Crippen LogP) is 2.85. The average molecular weight is 344 g/mol. The fraction of sp³-hybridized carbons (Fsp3) is 0.550. The predicted molar refractivity (Wildman–Crippen MR) is 91.8 cm³/mol. The second-order valence-electron chi connectivity index (χ2n) is 7.59. The lowest BCUT2D eigenvalue weighted by atomic mass is 9.87. The van der Waals surface area contributed by atoms with Crippen LogP contribution in [0.4, 0.5) is 0 Å². The molecular formula is C20H24O5. The van der Waals surface area contributed by atoms with E-state index in [2.05, 4.69) is 6.58 Å². The number of carbonyl (C=O) groups is 3. The molecule has 5 nitrogen and oxygen atoms in total. The summed E-state index contributed by atoms with van der Waals surface area (Å²) >= 11 is 0. The van der Waals surface area contributed by atoms with E-state index in [0.717, 1.165) is 5.57 Å². The number of esters is 1. The maximum absolute atomic E-state index is 12.5. The number of hydrogen-bond donors (Lipinski definition) is 0. The highest BCUT2D eigenvalue weighted by molar-refractivity contribution is 6.05. The van der Waals surface area contributed by atoms with Gasteiger partial charge in [0, 0.05) is 18.4 Å². The van der Waals surface area contributed by atoms with E-state index in [0.29, 0.717) is 36.8 Å². The maximum Gasteiger partial charge on any atom is 0.334 e. The summed E-state index contributed by atoms with van der Waals surface area (Å²) < 4.78 is 11.0. The zero-order valence-corrected chi connectivity index (χ0v) is 15.0. The number of hydrogen-bond acceptors (Lipinski definition) is 5. The Hall–Kier alpha value is -2.01. The van der Waals surface area contributed by atoms with Crippen LogP contribution >= 0.6 is 0 Å². The van der Waals surface area contributed by atoms with E-state index in [1.165, 1.54) is 6.08 Å². The van der Waals surface area contributed by atoms with Crippen LogP contribution in [0.1, 0.15) is 46.5 Å². The highest BCUT2D eigenvalue weighted by atomic mass is 16.6. The number of Topliss-reactive ketones (excluding diaryl/α,β-unsaturated/α-hetero) is 1. The summed E-state index contributed by atoms with van der Waals surface area (Å²) in [6.45, 7) is 9.36. The Labute approximate surface area is 147 Å². The first-order chi connectivity index (χ1) is 11.7. The Morgan fingerprint density at radius 1 is 1.32 bits per heavy atom. The van der Waals surface area contributed by atoms with Crippen LogP contribution < -0.4 is 0 Å². The van der Waals surface area contributed by atoms with Gasteiger partial charge in [-0.2, -0.15) is 0 Å². The van der Waals surface area contributed by atoms with Crippen molar-refractivity contribution < 1.29 is 23.9 Å². The summed E-state index contributed by atoms with van der Waals surface area (Å²) in [4.78, 5) is 36.9. The third-order valence-electron chi connectivity index (χ3n) is 5.35. The number of ether oxygens (including phenoxy) is 2. The number of epoxide rings is 1. The van der Waals surface area contributed by atoms with Crippen molar-refractivity contribution in [3.05, 3.63) is 35.5 Å². The minimum absolute atomic E-state index is 0.0240. The van der Waals surface area contributed by atoms with Crippen molar-refractivity contribution in [2.75, 3.05) is 0 Å². The van der Waals surface area contributed by atoms with Crippen molar-refractivity contribution in [2.24, 2.45) is 5.92 Å². The van der Waals surface area contributed by atoms with E-state index in [1.807, 2.05) is 19.9 Å². The highest BCUT2D eigenvalue weighted by Crippen LogP contribution is 2.43. The van der Waals surface area contributed by atoms with E-state index < -0.39 is 11.7 Å². The Morgan fingerprint density at radius 2 is 2.04 bits per heavy atom. The van der Waals surface area contributed by atoms with Crippen molar-refractivity contribution in [2.45, 2.75) is 64.3 Å². The van der Waals surface area contributed by atoms with Gasteiger partial charge in [-0.25, -0.2) is 4.79 Å². The molecule has 0 aromatic rings. The van der Waals surface area contributed by atoms with E-state index in [9.17, 15) is 14.4 Å². The maximum atomic E-state index is 12.5. The Morgan fingerprint density at radius 3 is 2.72 bits per heavy atom. The summed E-state index contributed by atoms with van der Waals surface area (Å²) in [5.41, 5.74) is 1.35. The van der Waals surface area contributed by atoms with Crippen LogP contribution in [0.2, 0.25) is 0 Å². The van der Waals surface area contributed by atoms with Gasteiger partial charge in [-0.15, -0.1) is 0 Å². The Bertz CT molecular complexity index is 714. The zero-order valence-electron chi connectivity index (χ0n) is 15.0. The summed E-state index contributed by atoms with van der Waals surface area (Å²) in [6, 6.07) is 0. The van der Waals surface area contributed by atoms with Crippen molar-refractivity contribution >= 4 is 17.5 Å². The van der Waals surface area contributed by atoms with Gasteiger partial charge in [-0.1, -0.05) is 12.2 Å². The lowest BCUT2D eigenvalue weighted by Crippen LogP contribution is -2.23. The van der Waals surface area contributed by atoms with Gasteiger partial charge in [-0.3, -0.25) is 9.59 Å². The quantitative estimate of drug-likeness (QED) is 0.415. The molecule has 0 aromatic heterocycles. The first-order valence-corrected chi connectivity index (χ1v) is 8.70. The van der Waals surface area contributed by atoms with Gasteiger partial charge in [0.2, 0.25) is 0 Å². The lowest BCUT2D eigenvalue weighted by molar-refractivity contribution is -0.140. The van der Waals surface area contributed by atoms with Gasteiger partial charge < -0.3 is 9.47 Å². The van der Waals surface area contributed by atoms with E-state index in [4.69, 9.17) is 9.47 Å². The molecule has 5 heteroatoms. The molecule has 2 heterocycles. The minimum Gasteiger partial charge on any atom is -0.455 e. The van der Waals surface area contributed by atoms with Gasteiger partial charge in [0.1, 0.15) is 17.8 Å². The van der Waals surface area contributed by atoms with Crippen LogP contribution in [-0.2, 0) is 23.9 Å². The Kier molecular flexibility index (Phi) is 4.54. The molecule has 0 radical (unpaired) electrons. The van der Waals surface area contributed by atoms with Crippen molar-refractivity contribution in [1.29, 1.82) is 0 Å². The molecule has 0 amide bonds. The van der Waals surface area contributed by atoms with Crippen LogP contribution in [0.15, 0.2) is 35.5 Å². The lowest BCUT2D eigenvalue weighted by Gasteiger charge is -2.16. The van der Waals surface area contributed by atoms with Crippen LogP contribution in [0, 0.1) is 5.92 Å². The molecule has 134 valence electrons. The van der Waals surface area contributed by atoms with Crippen molar-refractivity contribution in [1.82, 2.24) is 0 Å². The van der Waals surface area contributed by atoms with Crippen LogP contribution in [-0.4, -0.2) is 35.3 Å². The van der Waals surface area contributed by atoms with Gasteiger partial charge in [0.05, 0.1) is 0 Å². The van der Waals surface area contributed by atoms with Crippen molar-refractivity contribution in [3.8, 4) is 0 Å².